The molecule has 0 N–H and O–H groups in total. The van der Waals surface area contributed by atoms with Crippen LogP contribution in [0, 0.1) is 0 Å². The van der Waals surface area contributed by atoms with Gasteiger partial charge in [-0.1, -0.05) is 15.9 Å². The second-order valence-corrected chi connectivity index (χ2v) is 7.84. The molecule has 98 valence electrons. The molecule has 0 spiro atoms. The molecule has 0 aliphatic carbocycles. The highest BCUT2D eigenvalue weighted by Crippen LogP contribution is 2.30. The van der Waals surface area contributed by atoms with Crippen molar-refractivity contribution in [2.45, 2.75) is 4.21 Å². The van der Waals surface area contributed by atoms with Gasteiger partial charge in [-0.3, -0.25) is 0 Å². The summed E-state index contributed by atoms with van der Waals surface area (Å²) in [6.07, 6.45) is 0. The van der Waals surface area contributed by atoms with Gasteiger partial charge in [-0.05, 0) is 27.4 Å². The molecular formula is C9H13Br2NO3S2. The summed E-state index contributed by atoms with van der Waals surface area (Å²) in [6.45, 7) is 1.17. The van der Waals surface area contributed by atoms with Crippen molar-refractivity contribution in [1.29, 1.82) is 0 Å². The Balaban J connectivity index is 2.96. The third-order valence-corrected chi connectivity index (χ3v) is 6.94. The average Bonchev–Trinajstić information content (AvgIpc) is 2.71. The van der Waals surface area contributed by atoms with Gasteiger partial charge in [0.15, 0.2) is 0 Å². The topological polar surface area (TPSA) is 46.6 Å². The first-order valence-corrected chi connectivity index (χ1v) is 9.05. The molecule has 17 heavy (non-hydrogen) atoms. The average molecular weight is 407 g/mol. The number of alkyl halides is 1. The van der Waals surface area contributed by atoms with Crippen molar-refractivity contribution in [1.82, 2.24) is 4.31 Å². The fourth-order valence-electron chi connectivity index (χ4n) is 1.22. The largest absolute Gasteiger partial charge is 0.383 e. The van der Waals surface area contributed by atoms with Crippen molar-refractivity contribution < 1.29 is 13.2 Å². The van der Waals surface area contributed by atoms with E-state index in [0.29, 0.717) is 33.7 Å². The van der Waals surface area contributed by atoms with Crippen LogP contribution in [0.2, 0.25) is 0 Å². The van der Waals surface area contributed by atoms with Crippen LogP contribution in [0.15, 0.2) is 20.1 Å². The molecule has 1 rings (SSSR count). The van der Waals surface area contributed by atoms with Gasteiger partial charge in [-0.2, -0.15) is 4.31 Å². The summed E-state index contributed by atoms with van der Waals surface area (Å²) in [5.41, 5.74) is 0. The molecule has 1 heterocycles. The summed E-state index contributed by atoms with van der Waals surface area (Å²) in [5.74, 6) is 0. The molecule has 0 bridgehead atoms. The van der Waals surface area contributed by atoms with Crippen LogP contribution in [0.25, 0.3) is 0 Å². The van der Waals surface area contributed by atoms with Gasteiger partial charge < -0.3 is 4.74 Å². The molecule has 1 aromatic heterocycles. The molecule has 0 aliphatic rings. The lowest BCUT2D eigenvalue weighted by Crippen LogP contribution is -2.35. The maximum absolute atomic E-state index is 12.3. The van der Waals surface area contributed by atoms with Crippen LogP contribution >= 0.6 is 43.2 Å². The van der Waals surface area contributed by atoms with E-state index in [-0.39, 0.29) is 0 Å². The summed E-state index contributed by atoms with van der Waals surface area (Å²) < 4.78 is 32.0. The maximum Gasteiger partial charge on any atom is 0.253 e. The first kappa shape index (κ1) is 15.6. The zero-order chi connectivity index (χ0) is 12.9. The smallest absolute Gasteiger partial charge is 0.253 e. The zero-order valence-corrected chi connectivity index (χ0v) is 14.0. The van der Waals surface area contributed by atoms with Gasteiger partial charge in [0.25, 0.3) is 10.0 Å². The van der Waals surface area contributed by atoms with E-state index in [1.807, 2.05) is 0 Å². The van der Waals surface area contributed by atoms with E-state index in [2.05, 4.69) is 31.9 Å². The molecule has 0 saturated carbocycles. The van der Waals surface area contributed by atoms with Crippen molar-refractivity contribution >= 4 is 53.2 Å². The minimum Gasteiger partial charge on any atom is -0.383 e. The summed E-state index contributed by atoms with van der Waals surface area (Å²) in [5, 5.41) is 2.35. The number of hydrogen-bond acceptors (Lipinski definition) is 4. The number of halogens is 2. The van der Waals surface area contributed by atoms with Gasteiger partial charge in [0.1, 0.15) is 4.21 Å². The van der Waals surface area contributed by atoms with Gasteiger partial charge in [0.2, 0.25) is 0 Å². The highest BCUT2D eigenvalue weighted by molar-refractivity contribution is 9.10. The molecule has 0 saturated heterocycles. The van der Waals surface area contributed by atoms with Crippen molar-refractivity contribution in [3.63, 3.8) is 0 Å². The molecular weight excluding hydrogens is 394 g/mol. The Hall–Kier alpha value is 0.530. The maximum atomic E-state index is 12.3. The number of sulfonamides is 1. The molecule has 1 aromatic rings. The van der Waals surface area contributed by atoms with Gasteiger partial charge in [0, 0.05) is 30.0 Å². The van der Waals surface area contributed by atoms with E-state index in [1.165, 1.54) is 15.6 Å². The van der Waals surface area contributed by atoms with Gasteiger partial charge in [0.05, 0.1) is 6.61 Å². The molecule has 4 nitrogen and oxygen atoms in total. The van der Waals surface area contributed by atoms with Crippen LogP contribution in [-0.2, 0) is 14.8 Å². The summed E-state index contributed by atoms with van der Waals surface area (Å²) >= 11 is 7.72. The van der Waals surface area contributed by atoms with Crippen molar-refractivity contribution in [3.8, 4) is 0 Å². The number of methoxy groups -OCH3 is 1. The first-order valence-electron chi connectivity index (χ1n) is 4.82. The molecule has 0 fully saturated rings. The van der Waals surface area contributed by atoms with Crippen LogP contribution in [0.4, 0.5) is 0 Å². The van der Waals surface area contributed by atoms with Crippen molar-refractivity contribution in [2.75, 3.05) is 32.1 Å². The Morgan fingerprint density at radius 2 is 2.18 bits per heavy atom. The van der Waals surface area contributed by atoms with Gasteiger partial charge in [-0.25, -0.2) is 8.42 Å². The van der Waals surface area contributed by atoms with Crippen LogP contribution in [-0.4, -0.2) is 44.9 Å². The lowest BCUT2D eigenvalue weighted by molar-refractivity contribution is 0.181. The number of hydrogen-bond donors (Lipinski definition) is 0. The van der Waals surface area contributed by atoms with Gasteiger partial charge in [-0.15, -0.1) is 11.3 Å². The fourth-order valence-corrected chi connectivity index (χ4v) is 5.76. The highest BCUT2D eigenvalue weighted by atomic mass is 79.9. The third-order valence-electron chi connectivity index (χ3n) is 2.04. The SMILES string of the molecule is COCCN(CCBr)S(=O)(=O)c1sccc1Br. The predicted octanol–water partition coefficient (Wildman–Crippen LogP) is 2.54. The van der Waals surface area contributed by atoms with E-state index in [0.717, 1.165) is 0 Å². The number of ether oxygens (including phenoxy) is 1. The standard InChI is InChI=1S/C9H13Br2NO3S2/c1-15-6-5-12(4-3-10)17(13,14)9-8(11)2-7-16-9/h2,7H,3-6H2,1H3. The van der Waals surface area contributed by atoms with Crippen LogP contribution < -0.4 is 0 Å². The minimum atomic E-state index is -3.43. The lowest BCUT2D eigenvalue weighted by atomic mass is 10.6. The highest BCUT2D eigenvalue weighted by Gasteiger charge is 2.26. The number of nitrogens with zero attached hydrogens (tertiary/aromatic N) is 1. The Bertz CT molecular complexity index is 447. The quantitative estimate of drug-likeness (QED) is 0.653. The molecule has 0 amide bonds. The third kappa shape index (κ3) is 4.00. The Kier molecular flexibility index (Phi) is 6.60. The Labute approximate surface area is 122 Å². The first-order chi connectivity index (χ1) is 8.04. The van der Waals surface area contributed by atoms with E-state index in [1.54, 1.807) is 18.6 Å². The molecule has 0 unspecified atom stereocenters. The van der Waals surface area contributed by atoms with Crippen molar-refractivity contribution in [2.24, 2.45) is 0 Å². The molecule has 0 radical (unpaired) electrons. The van der Waals surface area contributed by atoms with E-state index >= 15 is 0 Å². The molecule has 0 aromatic carbocycles. The minimum absolute atomic E-state index is 0.342. The van der Waals surface area contributed by atoms with Gasteiger partial charge >= 0.3 is 0 Å². The van der Waals surface area contributed by atoms with Crippen molar-refractivity contribution in [3.05, 3.63) is 15.9 Å². The normalized spacial score (nSPS) is 12.2. The van der Waals surface area contributed by atoms with Crippen LogP contribution in [0.5, 0.6) is 0 Å². The lowest BCUT2D eigenvalue weighted by Gasteiger charge is -2.20. The molecule has 0 aliphatic heterocycles. The summed E-state index contributed by atoms with van der Waals surface area (Å²) in [7, 11) is -1.87. The van der Waals surface area contributed by atoms with E-state index in [9.17, 15) is 8.42 Å². The fraction of sp³-hybridized carbons (Fsp3) is 0.556. The van der Waals surface area contributed by atoms with E-state index < -0.39 is 10.0 Å². The second kappa shape index (κ2) is 7.20. The second-order valence-electron chi connectivity index (χ2n) is 3.14. The molecule has 0 atom stereocenters. The number of thiophene rings is 1. The Morgan fingerprint density at radius 3 is 2.65 bits per heavy atom. The monoisotopic (exact) mass is 405 g/mol. The van der Waals surface area contributed by atoms with Crippen LogP contribution in [0.3, 0.4) is 0 Å². The van der Waals surface area contributed by atoms with E-state index in [4.69, 9.17) is 4.74 Å². The Morgan fingerprint density at radius 1 is 1.47 bits per heavy atom. The summed E-state index contributed by atoms with van der Waals surface area (Å²) in [4.78, 5) is 0. The van der Waals surface area contributed by atoms with Crippen LogP contribution in [0.1, 0.15) is 0 Å². The summed E-state index contributed by atoms with van der Waals surface area (Å²) in [6, 6.07) is 1.74. The number of rotatable bonds is 7. The predicted molar refractivity (Wildman–Crippen MR) is 76.4 cm³/mol. The zero-order valence-electron chi connectivity index (χ0n) is 9.23. The molecule has 8 heteroatoms.